The average Bonchev–Trinajstić information content (AvgIpc) is 2.84. The van der Waals surface area contributed by atoms with E-state index in [1.807, 2.05) is 6.07 Å². The monoisotopic (exact) mass is 259 g/mol. The van der Waals surface area contributed by atoms with Crippen molar-refractivity contribution >= 4 is 0 Å². The molecule has 2 aromatic rings. The molecule has 102 valence electrons. The first-order valence-electron chi connectivity index (χ1n) is 6.78. The quantitative estimate of drug-likeness (QED) is 0.766. The van der Waals surface area contributed by atoms with E-state index in [4.69, 9.17) is 0 Å². The Kier molecular flexibility index (Phi) is 5.03. The minimum atomic E-state index is 0.386. The van der Waals surface area contributed by atoms with Gasteiger partial charge < -0.3 is 5.32 Å². The van der Waals surface area contributed by atoms with Gasteiger partial charge in [-0.3, -0.25) is 0 Å². The second-order valence-corrected chi connectivity index (χ2v) is 4.71. The van der Waals surface area contributed by atoms with Crippen molar-refractivity contribution in [1.29, 1.82) is 0 Å². The minimum Gasteiger partial charge on any atom is -0.316 e. The Morgan fingerprint density at radius 1 is 1.26 bits per heavy atom. The minimum absolute atomic E-state index is 0.386. The molecule has 0 radical (unpaired) electrons. The highest BCUT2D eigenvalue weighted by atomic mass is 15.6. The zero-order valence-corrected chi connectivity index (χ0v) is 11.6. The van der Waals surface area contributed by atoms with Crippen LogP contribution in [0.3, 0.4) is 0 Å². The molecule has 5 nitrogen and oxygen atoms in total. The van der Waals surface area contributed by atoms with Crippen LogP contribution in [-0.4, -0.2) is 33.3 Å². The van der Waals surface area contributed by atoms with Crippen LogP contribution in [0.5, 0.6) is 0 Å². The van der Waals surface area contributed by atoms with Crippen molar-refractivity contribution < 1.29 is 0 Å². The fraction of sp³-hybridized carbons (Fsp3) is 0.500. The predicted molar refractivity (Wildman–Crippen MR) is 74.8 cm³/mol. The van der Waals surface area contributed by atoms with Gasteiger partial charge >= 0.3 is 0 Å². The van der Waals surface area contributed by atoms with Crippen LogP contribution >= 0.6 is 0 Å². The summed E-state index contributed by atoms with van der Waals surface area (Å²) in [5, 5.41) is 15.7. The van der Waals surface area contributed by atoms with Crippen molar-refractivity contribution in [3.63, 3.8) is 0 Å². The smallest absolute Gasteiger partial charge is 0.175 e. The summed E-state index contributed by atoms with van der Waals surface area (Å²) < 4.78 is 0. The Morgan fingerprint density at radius 3 is 2.68 bits per heavy atom. The second-order valence-electron chi connectivity index (χ2n) is 4.71. The molecule has 1 aromatic heterocycles. The number of hydrogen-bond donors (Lipinski definition) is 1. The molecular weight excluding hydrogens is 238 g/mol. The average molecular weight is 259 g/mol. The van der Waals surface area contributed by atoms with Gasteiger partial charge in [-0.05, 0) is 23.7 Å². The van der Waals surface area contributed by atoms with Crippen molar-refractivity contribution in [3.05, 3.63) is 41.7 Å². The highest BCUT2D eigenvalue weighted by Crippen LogP contribution is 2.18. The van der Waals surface area contributed by atoms with Crippen LogP contribution in [-0.2, 0) is 13.5 Å². The maximum Gasteiger partial charge on any atom is 0.175 e. The molecule has 0 spiro atoms. The summed E-state index contributed by atoms with van der Waals surface area (Å²) in [5.74, 6) is 1.19. The van der Waals surface area contributed by atoms with Gasteiger partial charge in [0.05, 0.1) is 7.05 Å². The van der Waals surface area contributed by atoms with Crippen molar-refractivity contribution in [3.8, 4) is 0 Å². The van der Waals surface area contributed by atoms with E-state index in [9.17, 15) is 0 Å². The zero-order chi connectivity index (χ0) is 13.5. The molecule has 0 aliphatic carbocycles. The third-order valence-corrected chi connectivity index (χ3v) is 3.07. The van der Waals surface area contributed by atoms with Gasteiger partial charge in [0.15, 0.2) is 5.82 Å². The maximum atomic E-state index is 4.27. The van der Waals surface area contributed by atoms with E-state index in [2.05, 4.69) is 51.9 Å². The molecule has 1 unspecified atom stereocenters. The third kappa shape index (κ3) is 4.13. The van der Waals surface area contributed by atoms with E-state index in [1.54, 1.807) is 7.05 Å². The van der Waals surface area contributed by atoms with Gasteiger partial charge in [-0.25, -0.2) is 0 Å². The van der Waals surface area contributed by atoms with E-state index in [0.29, 0.717) is 5.92 Å². The number of nitrogens with zero attached hydrogens (tertiary/aromatic N) is 4. The lowest BCUT2D eigenvalue weighted by Gasteiger charge is -2.16. The molecule has 0 saturated heterocycles. The van der Waals surface area contributed by atoms with Gasteiger partial charge in [-0.15, -0.1) is 10.2 Å². The molecule has 0 bridgehead atoms. The SMILES string of the molecule is CCCNCC(Cc1nnn(C)n1)c1ccccc1. The molecule has 0 aliphatic rings. The van der Waals surface area contributed by atoms with Crippen LogP contribution in [0, 0.1) is 0 Å². The zero-order valence-electron chi connectivity index (χ0n) is 11.6. The fourth-order valence-electron chi connectivity index (χ4n) is 2.11. The Morgan fingerprint density at radius 2 is 2.05 bits per heavy atom. The molecule has 1 N–H and O–H groups in total. The third-order valence-electron chi connectivity index (χ3n) is 3.07. The highest BCUT2D eigenvalue weighted by molar-refractivity contribution is 5.21. The van der Waals surface area contributed by atoms with Gasteiger partial charge in [0.25, 0.3) is 0 Å². The number of tetrazole rings is 1. The maximum absolute atomic E-state index is 4.27. The number of aryl methyl sites for hydroxylation is 1. The first kappa shape index (κ1) is 13.7. The molecule has 19 heavy (non-hydrogen) atoms. The van der Waals surface area contributed by atoms with Crippen molar-refractivity contribution in [2.24, 2.45) is 7.05 Å². The van der Waals surface area contributed by atoms with Crippen molar-refractivity contribution in [2.75, 3.05) is 13.1 Å². The van der Waals surface area contributed by atoms with E-state index < -0.39 is 0 Å². The molecule has 0 amide bonds. The summed E-state index contributed by atoms with van der Waals surface area (Å²) in [4.78, 5) is 1.51. The van der Waals surface area contributed by atoms with E-state index >= 15 is 0 Å². The Labute approximate surface area is 114 Å². The van der Waals surface area contributed by atoms with Gasteiger partial charge in [0.1, 0.15) is 0 Å². The Balaban J connectivity index is 2.05. The van der Waals surface area contributed by atoms with Crippen molar-refractivity contribution in [2.45, 2.75) is 25.7 Å². The standard InChI is InChI=1S/C14H21N5/c1-3-9-15-11-13(12-7-5-4-6-8-12)10-14-16-18-19(2)17-14/h4-8,13,15H,3,9-11H2,1-2H3. The highest BCUT2D eigenvalue weighted by Gasteiger charge is 2.14. The molecule has 0 fully saturated rings. The van der Waals surface area contributed by atoms with E-state index in [-0.39, 0.29) is 0 Å². The normalized spacial score (nSPS) is 12.5. The summed E-state index contributed by atoms with van der Waals surface area (Å²) in [6.07, 6.45) is 1.96. The van der Waals surface area contributed by atoms with Crippen LogP contribution in [0.4, 0.5) is 0 Å². The van der Waals surface area contributed by atoms with Gasteiger partial charge in [-0.2, -0.15) is 4.80 Å². The molecular formula is C14H21N5. The predicted octanol–water partition coefficient (Wildman–Crippen LogP) is 1.54. The Bertz CT molecular complexity index is 480. The Hall–Kier alpha value is -1.75. The number of hydrogen-bond acceptors (Lipinski definition) is 4. The van der Waals surface area contributed by atoms with Crippen LogP contribution in [0.25, 0.3) is 0 Å². The van der Waals surface area contributed by atoms with E-state index in [1.165, 1.54) is 10.4 Å². The first-order chi connectivity index (χ1) is 9.29. The largest absolute Gasteiger partial charge is 0.316 e. The molecule has 1 heterocycles. The molecule has 0 saturated carbocycles. The molecule has 1 atom stereocenters. The molecule has 0 aliphatic heterocycles. The first-order valence-corrected chi connectivity index (χ1v) is 6.78. The van der Waals surface area contributed by atoms with Crippen LogP contribution in [0.2, 0.25) is 0 Å². The second kappa shape index (κ2) is 6.99. The van der Waals surface area contributed by atoms with Gasteiger partial charge in [-0.1, -0.05) is 37.3 Å². The van der Waals surface area contributed by atoms with Gasteiger partial charge in [0.2, 0.25) is 0 Å². The molecule has 1 aromatic carbocycles. The lowest BCUT2D eigenvalue weighted by Crippen LogP contribution is -2.24. The summed E-state index contributed by atoms with van der Waals surface area (Å²) in [5.41, 5.74) is 1.32. The topological polar surface area (TPSA) is 55.6 Å². The lowest BCUT2D eigenvalue weighted by atomic mass is 9.95. The fourth-order valence-corrected chi connectivity index (χ4v) is 2.11. The number of aromatic nitrogens is 4. The number of benzene rings is 1. The molecule has 2 rings (SSSR count). The van der Waals surface area contributed by atoms with E-state index in [0.717, 1.165) is 31.8 Å². The number of nitrogens with one attached hydrogen (secondary N) is 1. The van der Waals surface area contributed by atoms with Crippen LogP contribution < -0.4 is 5.32 Å². The molecule has 5 heteroatoms. The summed E-state index contributed by atoms with van der Waals surface area (Å²) in [7, 11) is 1.79. The van der Waals surface area contributed by atoms with Crippen molar-refractivity contribution in [1.82, 2.24) is 25.5 Å². The van der Waals surface area contributed by atoms with Crippen LogP contribution in [0.1, 0.15) is 30.7 Å². The van der Waals surface area contributed by atoms with Gasteiger partial charge in [0, 0.05) is 18.9 Å². The number of rotatable bonds is 7. The summed E-state index contributed by atoms with van der Waals surface area (Å²) >= 11 is 0. The summed E-state index contributed by atoms with van der Waals surface area (Å²) in [6, 6.07) is 10.5. The summed E-state index contributed by atoms with van der Waals surface area (Å²) in [6.45, 7) is 4.15. The lowest BCUT2D eigenvalue weighted by molar-refractivity contribution is 0.563. The van der Waals surface area contributed by atoms with Crippen LogP contribution in [0.15, 0.2) is 30.3 Å².